The van der Waals surface area contributed by atoms with Gasteiger partial charge in [-0.1, -0.05) is 19.1 Å². The first-order valence-electron chi connectivity index (χ1n) is 6.22. The third-order valence-corrected chi connectivity index (χ3v) is 3.28. The minimum Gasteiger partial charge on any atom is -0.495 e. The Balaban J connectivity index is 2.00. The summed E-state index contributed by atoms with van der Waals surface area (Å²) in [5, 5.41) is 7.02. The molecule has 5 nitrogen and oxygen atoms in total. The van der Waals surface area contributed by atoms with E-state index in [4.69, 9.17) is 4.74 Å². The molecule has 0 aliphatic heterocycles. The summed E-state index contributed by atoms with van der Waals surface area (Å²) in [4.78, 5) is 12.2. The highest BCUT2D eigenvalue weighted by Gasteiger charge is 2.15. The van der Waals surface area contributed by atoms with Crippen LogP contribution in [-0.4, -0.2) is 22.8 Å². The molecule has 0 saturated carbocycles. The molecule has 0 spiro atoms. The number of carbonyl (C=O) groups excluding carboxylic acids is 1. The number of amides is 1. The maximum Gasteiger partial charge on any atom is 0.229 e. The lowest BCUT2D eigenvalue weighted by atomic mass is 10.1. The van der Waals surface area contributed by atoms with Gasteiger partial charge in [0.1, 0.15) is 5.75 Å². The van der Waals surface area contributed by atoms with Crippen molar-refractivity contribution in [3.05, 3.63) is 41.1 Å². The maximum absolute atomic E-state index is 12.2. The summed E-state index contributed by atoms with van der Waals surface area (Å²) in [6.45, 7) is 2.38. The molecule has 2 aromatic rings. The number of nitrogens with one attached hydrogen (secondary N) is 1. The van der Waals surface area contributed by atoms with Crippen molar-refractivity contribution in [3.63, 3.8) is 0 Å². The van der Waals surface area contributed by atoms with Gasteiger partial charge in [0.05, 0.1) is 35.9 Å². The number of ether oxygens (including phenoxy) is 1. The van der Waals surface area contributed by atoms with Crippen LogP contribution in [0.3, 0.4) is 0 Å². The molecule has 1 N–H and O–H groups in total. The molecule has 6 heteroatoms. The second-order valence-electron chi connectivity index (χ2n) is 4.47. The summed E-state index contributed by atoms with van der Waals surface area (Å²) in [7, 11) is 1.58. The molecule has 106 valence electrons. The number of benzene rings is 1. The highest BCUT2D eigenvalue weighted by molar-refractivity contribution is 9.10. The summed E-state index contributed by atoms with van der Waals surface area (Å²) in [5.74, 6) is 0.378. The monoisotopic (exact) mass is 337 g/mol. The topological polar surface area (TPSA) is 56.1 Å². The molecule has 1 aromatic carbocycles. The second-order valence-corrected chi connectivity index (χ2v) is 5.39. The molecule has 0 fully saturated rings. The number of hydrogen-bond acceptors (Lipinski definition) is 3. The largest absolute Gasteiger partial charge is 0.495 e. The fourth-order valence-electron chi connectivity index (χ4n) is 1.81. The normalized spacial score (nSPS) is 11.9. The van der Waals surface area contributed by atoms with Gasteiger partial charge in [-0.3, -0.25) is 9.48 Å². The van der Waals surface area contributed by atoms with Crippen molar-refractivity contribution in [2.45, 2.75) is 13.5 Å². The molecule has 1 heterocycles. The lowest BCUT2D eigenvalue weighted by molar-refractivity contribution is -0.119. The van der Waals surface area contributed by atoms with Crippen LogP contribution in [0.25, 0.3) is 0 Å². The fraction of sp³-hybridized carbons (Fsp3) is 0.286. The summed E-state index contributed by atoms with van der Waals surface area (Å²) in [5.41, 5.74) is 0.675. The number of anilines is 1. The van der Waals surface area contributed by atoms with Gasteiger partial charge < -0.3 is 10.1 Å². The van der Waals surface area contributed by atoms with Crippen molar-refractivity contribution in [2.24, 2.45) is 5.92 Å². The summed E-state index contributed by atoms with van der Waals surface area (Å²) < 4.78 is 7.84. The first kappa shape index (κ1) is 14.6. The molecule has 1 aromatic heterocycles. The number of methoxy groups -OCH3 is 1. The Kier molecular flexibility index (Phi) is 4.79. The fourth-order valence-corrected chi connectivity index (χ4v) is 2.13. The number of carbonyl (C=O) groups is 1. The third-order valence-electron chi connectivity index (χ3n) is 2.88. The Morgan fingerprint density at radius 2 is 2.25 bits per heavy atom. The zero-order chi connectivity index (χ0) is 14.5. The molecule has 0 saturated heterocycles. The lowest BCUT2D eigenvalue weighted by Gasteiger charge is -2.14. The number of aromatic nitrogens is 2. The van der Waals surface area contributed by atoms with Crippen molar-refractivity contribution in [1.82, 2.24) is 9.78 Å². The number of rotatable bonds is 5. The standard InChI is InChI=1S/C14H16BrN3O2/c1-10(8-18-9-11(15)7-16-18)14(19)17-12-5-3-4-6-13(12)20-2/h3-7,9-10H,8H2,1-2H3,(H,17,19)/t10-/m1/s1. The van der Waals surface area contributed by atoms with Crippen molar-refractivity contribution in [1.29, 1.82) is 0 Å². The van der Waals surface area contributed by atoms with E-state index in [1.54, 1.807) is 18.0 Å². The third kappa shape index (κ3) is 3.60. The van der Waals surface area contributed by atoms with E-state index < -0.39 is 0 Å². The summed E-state index contributed by atoms with van der Waals surface area (Å²) in [6, 6.07) is 7.34. The van der Waals surface area contributed by atoms with E-state index in [0.717, 1.165) is 4.47 Å². The highest BCUT2D eigenvalue weighted by atomic mass is 79.9. The molecular formula is C14H16BrN3O2. The molecule has 0 radical (unpaired) electrons. The second kappa shape index (κ2) is 6.56. The van der Waals surface area contributed by atoms with Gasteiger partial charge in [-0.15, -0.1) is 0 Å². The minimum absolute atomic E-state index is 0.0684. The van der Waals surface area contributed by atoms with Gasteiger partial charge in [0.25, 0.3) is 0 Å². The van der Waals surface area contributed by atoms with Gasteiger partial charge in [0.2, 0.25) is 5.91 Å². The van der Waals surface area contributed by atoms with Crippen molar-refractivity contribution >= 4 is 27.5 Å². The van der Waals surface area contributed by atoms with Crippen LogP contribution in [0.4, 0.5) is 5.69 Å². The molecular weight excluding hydrogens is 322 g/mol. The molecule has 1 amide bonds. The van der Waals surface area contributed by atoms with Crippen molar-refractivity contribution in [2.75, 3.05) is 12.4 Å². The van der Waals surface area contributed by atoms with E-state index >= 15 is 0 Å². The van der Waals surface area contributed by atoms with Crippen molar-refractivity contribution < 1.29 is 9.53 Å². The van der Waals surface area contributed by atoms with Gasteiger partial charge >= 0.3 is 0 Å². The van der Waals surface area contributed by atoms with Gasteiger partial charge in [-0.25, -0.2) is 0 Å². The van der Waals surface area contributed by atoms with Crippen LogP contribution in [-0.2, 0) is 11.3 Å². The Morgan fingerprint density at radius 3 is 2.90 bits per heavy atom. The van der Waals surface area contributed by atoms with Gasteiger partial charge in [0, 0.05) is 6.20 Å². The average Bonchev–Trinajstić information content (AvgIpc) is 2.84. The van der Waals surface area contributed by atoms with Crippen LogP contribution >= 0.6 is 15.9 Å². The molecule has 0 aliphatic carbocycles. The number of para-hydroxylation sites is 2. The smallest absolute Gasteiger partial charge is 0.229 e. The molecule has 20 heavy (non-hydrogen) atoms. The SMILES string of the molecule is COc1ccccc1NC(=O)[C@H](C)Cn1cc(Br)cn1. The van der Waals surface area contributed by atoms with E-state index in [-0.39, 0.29) is 11.8 Å². The highest BCUT2D eigenvalue weighted by Crippen LogP contribution is 2.23. The van der Waals surface area contributed by atoms with Gasteiger partial charge in [-0.05, 0) is 28.1 Å². The predicted molar refractivity (Wildman–Crippen MR) is 80.7 cm³/mol. The minimum atomic E-state index is -0.202. The lowest BCUT2D eigenvalue weighted by Crippen LogP contribution is -2.24. The Bertz CT molecular complexity index is 598. The maximum atomic E-state index is 12.2. The number of hydrogen-bond donors (Lipinski definition) is 1. The van der Waals surface area contributed by atoms with E-state index in [1.807, 2.05) is 37.4 Å². The number of nitrogens with zero attached hydrogens (tertiary/aromatic N) is 2. The van der Waals surface area contributed by atoms with E-state index in [0.29, 0.717) is 18.0 Å². The van der Waals surface area contributed by atoms with Crippen LogP contribution in [0, 0.1) is 5.92 Å². The average molecular weight is 338 g/mol. The van der Waals surface area contributed by atoms with Crippen molar-refractivity contribution in [3.8, 4) is 5.75 Å². The van der Waals surface area contributed by atoms with Crippen LogP contribution in [0.1, 0.15) is 6.92 Å². The Labute approximate surface area is 126 Å². The zero-order valence-corrected chi connectivity index (χ0v) is 12.9. The first-order chi connectivity index (χ1) is 9.60. The van der Waals surface area contributed by atoms with Crippen LogP contribution in [0.15, 0.2) is 41.1 Å². The van der Waals surface area contributed by atoms with E-state index in [9.17, 15) is 4.79 Å². The summed E-state index contributed by atoms with van der Waals surface area (Å²) >= 11 is 3.33. The molecule has 0 bridgehead atoms. The molecule has 0 unspecified atom stereocenters. The first-order valence-corrected chi connectivity index (χ1v) is 7.01. The zero-order valence-electron chi connectivity index (χ0n) is 11.3. The van der Waals surface area contributed by atoms with Crippen LogP contribution in [0.5, 0.6) is 5.75 Å². The Morgan fingerprint density at radius 1 is 1.50 bits per heavy atom. The quantitative estimate of drug-likeness (QED) is 0.912. The van der Waals surface area contributed by atoms with E-state index in [2.05, 4.69) is 26.3 Å². The van der Waals surface area contributed by atoms with E-state index in [1.165, 1.54) is 0 Å². The van der Waals surface area contributed by atoms with Crippen LogP contribution < -0.4 is 10.1 Å². The molecule has 2 rings (SSSR count). The van der Waals surface area contributed by atoms with Gasteiger partial charge in [0.15, 0.2) is 0 Å². The van der Waals surface area contributed by atoms with Crippen LogP contribution in [0.2, 0.25) is 0 Å². The number of halogens is 1. The van der Waals surface area contributed by atoms with Gasteiger partial charge in [-0.2, -0.15) is 5.10 Å². The summed E-state index contributed by atoms with van der Waals surface area (Å²) in [6.07, 6.45) is 3.54. The predicted octanol–water partition coefficient (Wildman–Crippen LogP) is 2.93. The molecule has 1 atom stereocenters. The molecule has 0 aliphatic rings. The Hall–Kier alpha value is -1.82.